The molecule has 6 heteroatoms. The minimum Gasteiger partial charge on any atom is -0.496 e. The first-order valence-electron chi connectivity index (χ1n) is 10.4. The molecule has 0 atom stereocenters. The fourth-order valence-corrected chi connectivity index (χ4v) is 3.89. The second-order valence-corrected chi connectivity index (χ2v) is 7.92. The molecule has 1 aliphatic rings. The van der Waals surface area contributed by atoms with Gasteiger partial charge in [-0.2, -0.15) is 0 Å². The number of para-hydroxylation sites is 1. The largest absolute Gasteiger partial charge is 0.496 e. The average molecular weight is 413 g/mol. The summed E-state index contributed by atoms with van der Waals surface area (Å²) < 4.78 is 11.0. The molecule has 2 heterocycles. The Labute approximate surface area is 180 Å². The molecular formula is C25H23N3O3. The molecule has 1 fully saturated rings. The molecule has 0 spiro atoms. The molecule has 0 radical (unpaired) electrons. The summed E-state index contributed by atoms with van der Waals surface area (Å²) in [6, 6.07) is 19.4. The molecule has 1 aliphatic carbocycles. The Morgan fingerprint density at radius 3 is 2.61 bits per heavy atom. The van der Waals surface area contributed by atoms with Gasteiger partial charge in [0.05, 0.1) is 18.1 Å². The van der Waals surface area contributed by atoms with Crippen LogP contribution in [0.15, 0.2) is 65.2 Å². The lowest BCUT2D eigenvalue weighted by atomic mass is 10.0. The molecule has 31 heavy (non-hydrogen) atoms. The number of fused-ring (bicyclic) bond motifs is 1. The summed E-state index contributed by atoms with van der Waals surface area (Å²) in [7, 11) is 3.44. The van der Waals surface area contributed by atoms with E-state index >= 15 is 0 Å². The van der Waals surface area contributed by atoms with E-state index in [1.165, 1.54) is 0 Å². The number of ether oxygens (including phenoxy) is 1. The first-order valence-corrected chi connectivity index (χ1v) is 10.4. The third-order valence-electron chi connectivity index (χ3n) is 5.69. The highest BCUT2D eigenvalue weighted by Gasteiger charge is 2.30. The number of amides is 1. The van der Waals surface area contributed by atoms with Crippen LogP contribution in [-0.4, -0.2) is 35.1 Å². The van der Waals surface area contributed by atoms with Gasteiger partial charge in [-0.05, 0) is 25.0 Å². The van der Waals surface area contributed by atoms with E-state index in [4.69, 9.17) is 9.26 Å². The van der Waals surface area contributed by atoms with Gasteiger partial charge in [0, 0.05) is 36.3 Å². The van der Waals surface area contributed by atoms with E-state index in [1.54, 1.807) is 19.1 Å². The summed E-state index contributed by atoms with van der Waals surface area (Å²) in [5.74, 6) is 1.05. The molecule has 0 bridgehead atoms. The van der Waals surface area contributed by atoms with E-state index in [0.29, 0.717) is 34.8 Å². The molecule has 6 nitrogen and oxygen atoms in total. The molecular weight excluding hydrogens is 390 g/mol. The normalized spacial score (nSPS) is 13.4. The Bertz CT molecular complexity index is 1250. The number of hydrogen-bond acceptors (Lipinski definition) is 5. The maximum absolute atomic E-state index is 13.6. The fraction of sp³-hybridized carbons (Fsp3) is 0.240. The van der Waals surface area contributed by atoms with Crippen molar-refractivity contribution in [1.29, 1.82) is 0 Å². The van der Waals surface area contributed by atoms with Crippen molar-refractivity contribution in [3.05, 3.63) is 77.5 Å². The van der Waals surface area contributed by atoms with Gasteiger partial charge >= 0.3 is 0 Å². The van der Waals surface area contributed by atoms with Gasteiger partial charge in [0.2, 0.25) is 0 Å². The third-order valence-corrected chi connectivity index (χ3v) is 5.69. The van der Waals surface area contributed by atoms with Gasteiger partial charge < -0.3 is 14.2 Å². The van der Waals surface area contributed by atoms with Crippen molar-refractivity contribution in [2.45, 2.75) is 25.3 Å². The topological polar surface area (TPSA) is 68.5 Å². The van der Waals surface area contributed by atoms with Crippen LogP contribution >= 0.6 is 0 Å². The molecule has 2 aromatic carbocycles. The number of methoxy groups -OCH3 is 1. The molecule has 1 amide bonds. The maximum atomic E-state index is 13.6. The van der Waals surface area contributed by atoms with Gasteiger partial charge in [-0.15, -0.1) is 0 Å². The quantitative estimate of drug-likeness (QED) is 0.443. The Hall–Kier alpha value is -3.67. The number of carbonyl (C=O) groups excluding carboxylic acids is 1. The minimum atomic E-state index is -0.0967. The van der Waals surface area contributed by atoms with E-state index < -0.39 is 0 Å². The van der Waals surface area contributed by atoms with Crippen molar-refractivity contribution in [1.82, 2.24) is 15.0 Å². The van der Waals surface area contributed by atoms with Crippen molar-refractivity contribution in [3.8, 4) is 17.0 Å². The summed E-state index contributed by atoms with van der Waals surface area (Å²) in [5.41, 5.74) is 4.37. The zero-order valence-corrected chi connectivity index (χ0v) is 17.5. The van der Waals surface area contributed by atoms with Crippen LogP contribution in [0.4, 0.5) is 0 Å². The Morgan fingerprint density at radius 2 is 1.87 bits per heavy atom. The van der Waals surface area contributed by atoms with Crippen molar-refractivity contribution < 1.29 is 14.1 Å². The molecule has 0 saturated heterocycles. The summed E-state index contributed by atoms with van der Waals surface area (Å²) in [5, 5.41) is 4.93. The van der Waals surface area contributed by atoms with E-state index in [0.717, 1.165) is 35.4 Å². The van der Waals surface area contributed by atoms with Gasteiger partial charge in [-0.1, -0.05) is 53.7 Å². The van der Waals surface area contributed by atoms with Gasteiger partial charge in [-0.3, -0.25) is 4.79 Å². The number of rotatable bonds is 6. The van der Waals surface area contributed by atoms with Crippen LogP contribution in [0.1, 0.15) is 40.4 Å². The van der Waals surface area contributed by atoms with Crippen LogP contribution in [0.5, 0.6) is 5.75 Å². The molecule has 156 valence electrons. The standard InChI is InChI=1S/C25H23N3O3/c1-28(15-18-10-6-7-11-21(18)30-2)25(29)19-14-20(16-12-13-16)26-24-22(19)23(27-31-24)17-8-4-3-5-9-17/h3-11,14,16H,12-13,15H2,1-2H3. The predicted molar refractivity (Wildman–Crippen MR) is 118 cm³/mol. The molecule has 0 aliphatic heterocycles. The maximum Gasteiger partial charge on any atom is 0.259 e. The third kappa shape index (κ3) is 3.65. The minimum absolute atomic E-state index is 0.0967. The smallest absolute Gasteiger partial charge is 0.259 e. The second kappa shape index (κ2) is 7.87. The molecule has 0 N–H and O–H groups in total. The first-order chi connectivity index (χ1) is 15.2. The van der Waals surface area contributed by atoms with Crippen molar-refractivity contribution in [2.75, 3.05) is 14.2 Å². The number of aromatic nitrogens is 2. The lowest BCUT2D eigenvalue weighted by Crippen LogP contribution is -2.27. The van der Waals surface area contributed by atoms with Crippen LogP contribution in [0.25, 0.3) is 22.4 Å². The number of hydrogen-bond donors (Lipinski definition) is 0. The molecule has 2 aromatic heterocycles. The van der Waals surface area contributed by atoms with Crippen molar-refractivity contribution in [2.24, 2.45) is 0 Å². The monoisotopic (exact) mass is 413 g/mol. The SMILES string of the molecule is COc1ccccc1CN(C)C(=O)c1cc(C2CC2)nc2onc(-c3ccccc3)c12. The Kier molecular flexibility index (Phi) is 4.90. The van der Waals surface area contributed by atoms with Crippen molar-refractivity contribution >= 4 is 17.0 Å². The molecule has 1 saturated carbocycles. The first kappa shape index (κ1) is 19.3. The van der Waals surface area contributed by atoms with Gasteiger partial charge in [0.15, 0.2) is 0 Å². The lowest BCUT2D eigenvalue weighted by Gasteiger charge is -2.19. The van der Waals surface area contributed by atoms with Gasteiger partial charge in [0.25, 0.3) is 11.6 Å². The summed E-state index contributed by atoms with van der Waals surface area (Å²) in [4.78, 5) is 20.0. The van der Waals surface area contributed by atoms with Crippen LogP contribution < -0.4 is 4.74 Å². The van der Waals surface area contributed by atoms with Gasteiger partial charge in [0.1, 0.15) is 11.4 Å². The number of carbonyl (C=O) groups is 1. The average Bonchev–Trinajstić information content (AvgIpc) is 3.58. The Morgan fingerprint density at radius 1 is 1.13 bits per heavy atom. The highest BCUT2D eigenvalue weighted by molar-refractivity contribution is 6.09. The molecule has 0 unspecified atom stereocenters. The van der Waals surface area contributed by atoms with Crippen LogP contribution in [0.3, 0.4) is 0 Å². The number of benzene rings is 2. The highest BCUT2D eigenvalue weighted by atomic mass is 16.5. The molecule has 5 rings (SSSR count). The van der Waals surface area contributed by atoms with E-state index in [2.05, 4.69) is 10.1 Å². The summed E-state index contributed by atoms with van der Waals surface area (Å²) in [6.45, 7) is 0.428. The van der Waals surface area contributed by atoms with Crippen LogP contribution in [-0.2, 0) is 6.54 Å². The van der Waals surface area contributed by atoms with Gasteiger partial charge in [-0.25, -0.2) is 4.98 Å². The summed E-state index contributed by atoms with van der Waals surface area (Å²) >= 11 is 0. The van der Waals surface area contributed by atoms with E-state index in [9.17, 15) is 4.79 Å². The molecule has 4 aromatic rings. The highest BCUT2D eigenvalue weighted by Crippen LogP contribution is 2.41. The zero-order chi connectivity index (χ0) is 21.4. The van der Waals surface area contributed by atoms with E-state index in [1.807, 2.05) is 60.7 Å². The fourth-order valence-electron chi connectivity index (χ4n) is 3.89. The predicted octanol–water partition coefficient (Wildman–Crippen LogP) is 5.05. The number of nitrogens with zero attached hydrogens (tertiary/aromatic N) is 3. The zero-order valence-electron chi connectivity index (χ0n) is 17.5. The van der Waals surface area contributed by atoms with Crippen LogP contribution in [0.2, 0.25) is 0 Å². The number of pyridine rings is 1. The Balaban J connectivity index is 1.58. The second-order valence-electron chi connectivity index (χ2n) is 7.92. The lowest BCUT2D eigenvalue weighted by molar-refractivity contribution is 0.0786. The summed E-state index contributed by atoms with van der Waals surface area (Å²) in [6.07, 6.45) is 2.17. The van der Waals surface area contributed by atoms with Crippen LogP contribution in [0, 0.1) is 0 Å². The van der Waals surface area contributed by atoms with Crippen molar-refractivity contribution in [3.63, 3.8) is 0 Å². The van der Waals surface area contributed by atoms with E-state index in [-0.39, 0.29) is 5.91 Å².